The van der Waals surface area contributed by atoms with Gasteiger partial charge in [0.25, 0.3) is 0 Å². The van der Waals surface area contributed by atoms with Crippen molar-refractivity contribution in [1.82, 2.24) is 16.0 Å². The number of aliphatic carboxylic acids is 1. The summed E-state index contributed by atoms with van der Waals surface area (Å²) >= 11 is 0. The summed E-state index contributed by atoms with van der Waals surface area (Å²) in [6.45, 7) is 5.06. The van der Waals surface area contributed by atoms with E-state index in [2.05, 4.69) is 16.0 Å². The van der Waals surface area contributed by atoms with E-state index in [0.29, 0.717) is 17.5 Å². The monoisotopic (exact) mass is 542 g/mol. The normalized spacial score (nSPS) is 14.9. The average Bonchev–Trinajstić information content (AvgIpc) is 2.87. The smallest absolute Gasteiger partial charge is 0.328 e. The first kappa shape index (κ1) is 31.3. The second kappa shape index (κ2) is 14.8. The minimum Gasteiger partial charge on any atom is -0.508 e. The fourth-order valence-corrected chi connectivity index (χ4v) is 3.94. The molecule has 11 nitrogen and oxygen atoms in total. The Kier molecular flexibility index (Phi) is 11.9. The average molecular weight is 543 g/mol. The van der Waals surface area contributed by atoms with E-state index in [1.807, 2.05) is 13.8 Å². The van der Waals surface area contributed by atoms with Gasteiger partial charge in [0.15, 0.2) is 6.04 Å². The van der Waals surface area contributed by atoms with E-state index >= 15 is 0 Å². The molecule has 0 aliphatic carbocycles. The van der Waals surface area contributed by atoms with Crippen LogP contribution in [0.3, 0.4) is 0 Å². The highest BCUT2D eigenvalue weighted by molar-refractivity contribution is 5.94. The van der Waals surface area contributed by atoms with Gasteiger partial charge in [0.1, 0.15) is 17.8 Å². The zero-order valence-corrected chi connectivity index (χ0v) is 22.3. The highest BCUT2D eigenvalue weighted by Crippen LogP contribution is 2.13. The minimum atomic E-state index is -1.59. The Balaban J connectivity index is 2.32. The second-order valence-electron chi connectivity index (χ2n) is 9.98. The van der Waals surface area contributed by atoms with E-state index in [4.69, 9.17) is 5.73 Å². The number of aliphatic hydroxyl groups is 1. The molecule has 0 heterocycles. The summed E-state index contributed by atoms with van der Waals surface area (Å²) in [4.78, 5) is 51.0. The predicted octanol–water partition coefficient (Wildman–Crippen LogP) is 0.471. The van der Waals surface area contributed by atoms with Crippen LogP contribution >= 0.6 is 0 Å². The zero-order chi connectivity index (χ0) is 29.1. The van der Waals surface area contributed by atoms with Gasteiger partial charge in [0, 0.05) is 12.8 Å². The number of benzene rings is 2. The summed E-state index contributed by atoms with van der Waals surface area (Å²) < 4.78 is 0. The molecule has 2 aromatic carbocycles. The van der Waals surface area contributed by atoms with Gasteiger partial charge in [-0.15, -0.1) is 0 Å². The van der Waals surface area contributed by atoms with Gasteiger partial charge >= 0.3 is 5.97 Å². The summed E-state index contributed by atoms with van der Waals surface area (Å²) in [6, 6.07) is 10.1. The molecule has 11 heteroatoms. The number of amides is 3. The van der Waals surface area contributed by atoms with Gasteiger partial charge in [0.2, 0.25) is 17.7 Å². The number of carboxylic acids is 1. The largest absolute Gasteiger partial charge is 0.508 e. The molecule has 5 atom stereocenters. The topological polar surface area (TPSA) is 191 Å². The van der Waals surface area contributed by atoms with Crippen molar-refractivity contribution in [2.24, 2.45) is 11.7 Å². The van der Waals surface area contributed by atoms with Crippen LogP contribution < -0.4 is 21.7 Å². The third-order valence-corrected chi connectivity index (χ3v) is 6.03. The number of phenolic OH excluding ortho intramolecular Hbond substituents is 1. The Hall–Kier alpha value is -3.96. The molecule has 0 spiro atoms. The lowest BCUT2D eigenvalue weighted by Crippen LogP contribution is -2.59. The molecule has 3 amide bonds. The van der Waals surface area contributed by atoms with Gasteiger partial charge in [-0.25, -0.2) is 4.79 Å². The van der Waals surface area contributed by atoms with Crippen LogP contribution in [0.2, 0.25) is 0 Å². The Morgan fingerprint density at radius 2 is 1.26 bits per heavy atom. The third kappa shape index (κ3) is 10.4. The molecule has 8 N–H and O–H groups in total. The Morgan fingerprint density at radius 3 is 1.74 bits per heavy atom. The van der Waals surface area contributed by atoms with Gasteiger partial charge in [0.05, 0.1) is 12.1 Å². The number of phenols is 1. The van der Waals surface area contributed by atoms with Crippen molar-refractivity contribution in [3.63, 3.8) is 0 Å². The molecule has 0 radical (unpaired) electrons. The van der Waals surface area contributed by atoms with Crippen LogP contribution in [0.15, 0.2) is 54.6 Å². The van der Waals surface area contributed by atoms with Gasteiger partial charge in [-0.3, -0.25) is 14.4 Å². The van der Waals surface area contributed by atoms with E-state index < -0.39 is 54.0 Å². The van der Waals surface area contributed by atoms with Crippen molar-refractivity contribution >= 4 is 23.7 Å². The number of carbonyl (C=O) groups is 4. The Bertz CT molecular complexity index is 1110. The summed E-state index contributed by atoms with van der Waals surface area (Å²) in [6.07, 6.45) is -0.924. The molecule has 0 aliphatic rings. The standard InChI is InChI=1S/C28H38N4O7/c1-16(2)13-21(29)25(35)30-22(15-19-9-11-20(34)12-10-19)26(36)31-23(14-18-7-5-4-6-8-18)27(37)32-24(17(3)33)28(38)39/h4-12,16-17,21-24,33-34H,13-15,29H2,1-3H3,(H,30,35)(H,31,36)(H,32,37)(H,38,39). The lowest BCUT2D eigenvalue weighted by Gasteiger charge is -2.26. The maximum atomic E-state index is 13.5. The zero-order valence-electron chi connectivity index (χ0n) is 22.3. The highest BCUT2D eigenvalue weighted by atomic mass is 16.4. The van der Waals surface area contributed by atoms with E-state index in [1.165, 1.54) is 19.1 Å². The first-order valence-electron chi connectivity index (χ1n) is 12.8. The molecule has 0 aromatic heterocycles. The molecule has 0 saturated heterocycles. The summed E-state index contributed by atoms with van der Waals surface area (Å²) in [7, 11) is 0. The molecule has 0 saturated carbocycles. The molecule has 2 aromatic rings. The Labute approximate surface area is 227 Å². The number of nitrogens with one attached hydrogen (secondary N) is 3. The van der Waals surface area contributed by atoms with Crippen molar-refractivity contribution in [3.8, 4) is 5.75 Å². The number of carbonyl (C=O) groups excluding carboxylic acids is 3. The summed E-state index contributed by atoms with van der Waals surface area (Å²) in [5.41, 5.74) is 7.35. The van der Waals surface area contributed by atoms with Crippen molar-refractivity contribution in [2.75, 3.05) is 0 Å². The summed E-state index contributed by atoms with van der Waals surface area (Å²) in [5.74, 6) is -3.29. The second-order valence-corrected chi connectivity index (χ2v) is 9.98. The molecule has 212 valence electrons. The van der Waals surface area contributed by atoms with Crippen LogP contribution in [0.1, 0.15) is 38.3 Å². The fourth-order valence-electron chi connectivity index (χ4n) is 3.94. The van der Waals surface area contributed by atoms with Gasteiger partial charge in [-0.1, -0.05) is 56.3 Å². The number of carboxylic acid groups (broad SMARTS) is 1. The molecule has 0 fully saturated rings. The van der Waals surface area contributed by atoms with Crippen LogP contribution in [-0.4, -0.2) is 69.3 Å². The molecular weight excluding hydrogens is 504 g/mol. The SMILES string of the molecule is CC(C)CC(N)C(=O)NC(Cc1ccc(O)cc1)C(=O)NC(Cc1ccccc1)C(=O)NC(C(=O)O)C(C)O. The summed E-state index contributed by atoms with van der Waals surface area (Å²) in [5, 5.41) is 36.4. The van der Waals surface area contributed by atoms with E-state index in [0.717, 1.165) is 0 Å². The first-order chi connectivity index (χ1) is 18.4. The number of hydrogen-bond acceptors (Lipinski definition) is 7. The molecule has 5 unspecified atom stereocenters. The van der Waals surface area contributed by atoms with Gasteiger partial charge in [-0.05, 0) is 42.5 Å². The van der Waals surface area contributed by atoms with Crippen molar-refractivity contribution in [1.29, 1.82) is 0 Å². The number of hydrogen-bond donors (Lipinski definition) is 7. The van der Waals surface area contributed by atoms with Gasteiger partial charge < -0.3 is 37.0 Å². The van der Waals surface area contributed by atoms with Crippen molar-refractivity contribution in [2.45, 2.75) is 70.3 Å². The van der Waals surface area contributed by atoms with E-state index in [1.54, 1.807) is 42.5 Å². The fraction of sp³-hybridized carbons (Fsp3) is 0.429. The maximum Gasteiger partial charge on any atom is 0.328 e. The third-order valence-electron chi connectivity index (χ3n) is 6.03. The van der Waals surface area contributed by atoms with E-state index in [-0.39, 0.29) is 24.5 Å². The lowest BCUT2D eigenvalue weighted by atomic mass is 10.0. The van der Waals surface area contributed by atoms with Crippen LogP contribution in [0.25, 0.3) is 0 Å². The van der Waals surface area contributed by atoms with Gasteiger partial charge in [-0.2, -0.15) is 0 Å². The quantitative estimate of drug-likeness (QED) is 0.179. The molecule has 0 aliphatic heterocycles. The van der Waals surface area contributed by atoms with Crippen molar-refractivity contribution in [3.05, 3.63) is 65.7 Å². The minimum absolute atomic E-state index is 0.0251. The molecule has 2 rings (SSSR count). The van der Waals surface area contributed by atoms with Crippen LogP contribution in [0.4, 0.5) is 0 Å². The first-order valence-corrected chi connectivity index (χ1v) is 12.8. The number of aliphatic hydroxyl groups excluding tert-OH is 1. The van der Waals surface area contributed by atoms with E-state index in [9.17, 15) is 34.5 Å². The van der Waals surface area contributed by atoms with Crippen molar-refractivity contribution < 1.29 is 34.5 Å². The number of aromatic hydroxyl groups is 1. The maximum absolute atomic E-state index is 13.5. The Morgan fingerprint density at radius 1 is 0.769 bits per heavy atom. The molecule has 0 bridgehead atoms. The number of rotatable bonds is 14. The lowest BCUT2D eigenvalue weighted by molar-refractivity contribution is -0.145. The molecule has 39 heavy (non-hydrogen) atoms. The molecular formula is C28H38N4O7. The van der Waals surface area contributed by atoms with Crippen LogP contribution in [0, 0.1) is 5.92 Å². The number of nitrogens with two attached hydrogens (primary N) is 1. The highest BCUT2D eigenvalue weighted by Gasteiger charge is 2.32. The predicted molar refractivity (Wildman–Crippen MR) is 144 cm³/mol. The van der Waals surface area contributed by atoms with Crippen LogP contribution in [-0.2, 0) is 32.0 Å². The van der Waals surface area contributed by atoms with Crippen LogP contribution in [0.5, 0.6) is 5.75 Å².